The van der Waals surface area contributed by atoms with E-state index in [1.54, 1.807) is 0 Å². The van der Waals surface area contributed by atoms with Gasteiger partial charge in [-0.15, -0.1) is 0 Å². The summed E-state index contributed by atoms with van der Waals surface area (Å²) in [7, 11) is 0. The van der Waals surface area contributed by atoms with Crippen LogP contribution in [-0.4, -0.2) is 34.8 Å². The van der Waals surface area contributed by atoms with E-state index in [2.05, 4.69) is 40.7 Å². The third kappa shape index (κ3) is 3.73. The van der Waals surface area contributed by atoms with Crippen LogP contribution in [-0.2, 0) is 12.8 Å². The Kier molecular flexibility index (Phi) is 5.41. The van der Waals surface area contributed by atoms with Crippen molar-refractivity contribution in [2.75, 3.05) is 6.54 Å². The molecule has 1 aromatic heterocycles. The minimum Gasteiger partial charge on any atom is -0.391 e. The molecule has 0 saturated heterocycles. The van der Waals surface area contributed by atoms with Gasteiger partial charge in [-0.25, -0.2) is 4.79 Å². The van der Waals surface area contributed by atoms with Crippen molar-refractivity contribution in [2.24, 2.45) is 0 Å². The Labute approximate surface area is 142 Å². The van der Waals surface area contributed by atoms with Crippen molar-refractivity contribution in [1.82, 2.24) is 15.6 Å². The van der Waals surface area contributed by atoms with Crippen LogP contribution in [0, 0.1) is 0 Å². The van der Waals surface area contributed by atoms with Crippen molar-refractivity contribution in [3.8, 4) is 0 Å². The number of benzene rings is 1. The molecule has 1 saturated carbocycles. The number of carbonyl (C=O) groups excluding carboxylic acids is 1. The number of aromatic amines is 1. The third-order valence-corrected chi connectivity index (χ3v) is 4.99. The number of amides is 2. The SMILES string of the molecule is CCc1cccc2c(CCNC(=O)N[C@H]3CCCC[C@@H]3O)c[nH]c12. The molecule has 4 N–H and O–H groups in total. The smallest absolute Gasteiger partial charge is 0.315 e. The van der Waals surface area contributed by atoms with Crippen LogP contribution in [0.1, 0.15) is 43.7 Å². The maximum Gasteiger partial charge on any atom is 0.315 e. The Hall–Kier alpha value is -2.01. The molecule has 130 valence electrons. The van der Waals surface area contributed by atoms with Gasteiger partial charge in [-0.1, -0.05) is 38.0 Å². The molecular formula is C19H27N3O2. The summed E-state index contributed by atoms with van der Waals surface area (Å²) in [5.41, 5.74) is 3.74. The first-order valence-electron chi connectivity index (χ1n) is 8.99. The Morgan fingerprint density at radius 1 is 1.29 bits per heavy atom. The number of urea groups is 1. The van der Waals surface area contributed by atoms with E-state index in [-0.39, 0.29) is 12.1 Å². The van der Waals surface area contributed by atoms with Crippen molar-refractivity contribution in [3.63, 3.8) is 0 Å². The lowest BCUT2D eigenvalue weighted by Gasteiger charge is -2.28. The van der Waals surface area contributed by atoms with Crippen LogP contribution in [0.3, 0.4) is 0 Å². The highest BCUT2D eigenvalue weighted by Gasteiger charge is 2.24. The number of nitrogens with one attached hydrogen (secondary N) is 3. The number of aliphatic hydroxyl groups excluding tert-OH is 1. The fourth-order valence-corrected chi connectivity index (χ4v) is 3.59. The Morgan fingerprint density at radius 2 is 2.12 bits per heavy atom. The molecule has 5 nitrogen and oxygen atoms in total. The van der Waals surface area contributed by atoms with Crippen molar-refractivity contribution >= 4 is 16.9 Å². The number of rotatable bonds is 5. The molecule has 0 spiro atoms. The molecule has 3 rings (SSSR count). The lowest BCUT2D eigenvalue weighted by atomic mass is 9.93. The van der Waals surface area contributed by atoms with Gasteiger partial charge in [-0.05, 0) is 36.8 Å². The van der Waals surface area contributed by atoms with Crippen LogP contribution < -0.4 is 10.6 Å². The van der Waals surface area contributed by atoms with Crippen molar-refractivity contribution in [3.05, 3.63) is 35.5 Å². The first-order valence-corrected chi connectivity index (χ1v) is 8.99. The molecule has 1 aliphatic rings. The zero-order chi connectivity index (χ0) is 16.9. The summed E-state index contributed by atoms with van der Waals surface area (Å²) in [4.78, 5) is 15.4. The number of aliphatic hydroxyl groups is 1. The number of para-hydroxylation sites is 1. The molecule has 2 atom stereocenters. The molecule has 5 heteroatoms. The molecule has 2 amide bonds. The topological polar surface area (TPSA) is 77.2 Å². The maximum absolute atomic E-state index is 12.0. The van der Waals surface area contributed by atoms with Crippen LogP contribution in [0.4, 0.5) is 4.79 Å². The third-order valence-electron chi connectivity index (χ3n) is 4.99. The van der Waals surface area contributed by atoms with Gasteiger partial charge >= 0.3 is 6.03 Å². The molecular weight excluding hydrogens is 302 g/mol. The number of fused-ring (bicyclic) bond motifs is 1. The van der Waals surface area contributed by atoms with E-state index >= 15 is 0 Å². The van der Waals surface area contributed by atoms with Crippen LogP contribution in [0.25, 0.3) is 10.9 Å². The van der Waals surface area contributed by atoms with Gasteiger partial charge in [-0.3, -0.25) is 0 Å². The molecule has 1 heterocycles. The predicted molar refractivity (Wildman–Crippen MR) is 96.2 cm³/mol. The van der Waals surface area contributed by atoms with E-state index in [4.69, 9.17) is 0 Å². The van der Waals surface area contributed by atoms with Crippen molar-refractivity contribution < 1.29 is 9.90 Å². The maximum atomic E-state index is 12.0. The van der Waals surface area contributed by atoms with Gasteiger partial charge in [0.2, 0.25) is 0 Å². The van der Waals surface area contributed by atoms with Crippen LogP contribution in [0.5, 0.6) is 0 Å². The van der Waals surface area contributed by atoms with Gasteiger partial charge in [0.15, 0.2) is 0 Å². The summed E-state index contributed by atoms with van der Waals surface area (Å²) in [6.45, 7) is 2.73. The second kappa shape index (κ2) is 7.71. The lowest BCUT2D eigenvalue weighted by Crippen LogP contribution is -2.49. The molecule has 0 unspecified atom stereocenters. The molecule has 1 fully saturated rings. The molecule has 24 heavy (non-hydrogen) atoms. The summed E-state index contributed by atoms with van der Waals surface area (Å²) in [5, 5.41) is 17.0. The molecule has 0 bridgehead atoms. The van der Waals surface area contributed by atoms with E-state index in [1.165, 1.54) is 22.0 Å². The molecule has 1 aliphatic carbocycles. The highest BCUT2D eigenvalue weighted by Crippen LogP contribution is 2.22. The summed E-state index contributed by atoms with van der Waals surface area (Å²) in [5.74, 6) is 0. The second-order valence-electron chi connectivity index (χ2n) is 6.62. The molecule has 2 aromatic rings. The van der Waals surface area contributed by atoms with E-state index in [0.29, 0.717) is 6.54 Å². The van der Waals surface area contributed by atoms with Crippen LogP contribution in [0.15, 0.2) is 24.4 Å². The second-order valence-corrected chi connectivity index (χ2v) is 6.62. The average Bonchev–Trinajstić information content (AvgIpc) is 3.00. The number of aryl methyl sites for hydroxylation is 1. The van der Waals surface area contributed by atoms with Crippen molar-refractivity contribution in [1.29, 1.82) is 0 Å². The number of carbonyl (C=O) groups is 1. The zero-order valence-electron chi connectivity index (χ0n) is 14.3. The van der Waals surface area contributed by atoms with Gasteiger partial charge in [0.25, 0.3) is 0 Å². The standard InChI is InChI=1S/C19H27N3O2/c1-2-13-6-5-7-15-14(12-21-18(13)15)10-11-20-19(24)22-16-8-3-4-9-17(16)23/h5-7,12,16-17,21,23H,2-4,8-11H2,1H3,(H2,20,22,24)/t16-,17-/m0/s1. The minimum atomic E-state index is -0.411. The number of H-pyrrole nitrogens is 1. The monoisotopic (exact) mass is 329 g/mol. The predicted octanol–water partition coefficient (Wildman–Crippen LogP) is 2.88. The molecule has 0 aliphatic heterocycles. The first kappa shape index (κ1) is 16.8. The fraction of sp³-hybridized carbons (Fsp3) is 0.526. The summed E-state index contributed by atoms with van der Waals surface area (Å²) in [6, 6.07) is 6.06. The fourth-order valence-electron chi connectivity index (χ4n) is 3.59. The summed E-state index contributed by atoms with van der Waals surface area (Å²) < 4.78 is 0. The van der Waals surface area contributed by atoms with E-state index in [9.17, 15) is 9.90 Å². The Bertz CT molecular complexity index is 695. The Morgan fingerprint density at radius 3 is 2.92 bits per heavy atom. The van der Waals surface area contributed by atoms with E-state index in [1.807, 2.05) is 6.20 Å². The van der Waals surface area contributed by atoms with Gasteiger partial charge in [0.05, 0.1) is 12.1 Å². The van der Waals surface area contributed by atoms with Crippen LogP contribution in [0.2, 0.25) is 0 Å². The van der Waals surface area contributed by atoms with Gasteiger partial charge in [-0.2, -0.15) is 0 Å². The minimum absolute atomic E-state index is 0.112. The van der Waals surface area contributed by atoms with Gasteiger partial charge < -0.3 is 20.7 Å². The molecule has 0 radical (unpaired) electrons. The van der Waals surface area contributed by atoms with Crippen LogP contribution >= 0.6 is 0 Å². The number of hydrogen-bond acceptors (Lipinski definition) is 2. The lowest BCUT2D eigenvalue weighted by molar-refractivity contribution is 0.0943. The zero-order valence-corrected chi connectivity index (χ0v) is 14.3. The average molecular weight is 329 g/mol. The highest BCUT2D eigenvalue weighted by atomic mass is 16.3. The summed E-state index contributed by atoms with van der Waals surface area (Å²) >= 11 is 0. The number of hydrogen-bond donors (Lipinski definition) is 4. The summed E-state index contributed by atoms with van der Waals surface area (Å²) in [6.07, 6.45) is 7.16. The first-order chi connectivity index (χ1) is 11.7. The largest absolute Gasteiger partial charge is 0.391 e. The molecule has 1 aromatic carbocycles. The van der Waals surface area contributed by atoms with Crippen molar-refractivity contribution in [2.45, 2.75) is 57.6 Å². The normalized spacial score (nSPS) is 20.9. The van der Waals surface area contributed by atoms with Gasteiger partial charge in [0, 0.05) is 23.6 Å². The Balaban J connectivity index is 1.52. The number of aromatic nitrogens is 1. The van der Waals surface area contributed by atoms with E-state index in [0.717, 1.165) is 38.5 Å². The van der Waals surface area contributed by atoms with Gasteiger partial charge in [0.1, 0.15) is 0 Å². The highest BCUT2D eigenvalue weighted by molar-refractivity contribution is 5.86. The quantitative estimate of drug-likeness (QED) is 0.681. The van der Waals surface area contributed by atoms with E-state index < -0.39 is 6.10 Å².